The molecule has 0 saturated heterocycles. The maximum atomic E-state index is 13.5. The molecule has 0 unspecified atom stereocenters. The van der Waals surface area contributed by atoms with Crippen molar-refractivity contribution in [1.82, 2.24) is 9.97 Å². The van der Waals surface area contributed by atoms with E-state index in [-0.39, 0.29) is 17.9 Å². The van der Waals surface area contributed by atoms with Gasteiger partial charge in [-0.3, -0.25) is 0 Å². The lowest BCUT2D eigenvalue weighted by Gasteiger charge is -2.24. The number of alkyl halides is 3. The van der Waals surface area contributed by atoms with Gasteiger partial charge < -0.3 is 9.64 Å². The average molecular weight is 379 g/mol. The molecule has 1 aromatic heterocycles. The summed E-state index contributed by atoms with van der Waals surface area (Å²) in [5.41, 5.74) is 0.949. The van der Waals surface area contributed by atoms with E-state index in [1.807, 2.05) is 18.2 Å². The van der Waals surface area contributed by atoms with Crippen LogP contribution in [0.5, 0.6) is 6.01 Å². The standard InChI is InChI=1S/C20H24F3N3O/c1-13(2)27-19-24-12-17(20(21,22)23)18(25-19)26(3)16-10-6-9-15(11-16)14-7-4-5-8-14/h6,9-14H,4-5,7-8H2,1-3H3. The van der Waals surface area contributed by atoms with E-state index in [9.17, 15) is 13.2 Å². The number of benzene rings is 1. The molecule has 1 aliphatic carbocycles. The molecule has 0 spiro atoms. The van der Waals surface area contributed by atoms with Crippen LogP contribution in [0.2, 0.25) is 0 Å². The van der Waals surface area contributed by atoms with Crippen LogP contribution in [0, 0.1) is 0 Å². The van der Waals surface area contributed by atoms with Gasteiger partial charge in [0.2, 0.25) is 0 Å². The normalized spacial score (nSPS) is 15.4. The SMILES string of the molecule is CC(C)Oc1ncc(C(F)(F)F)c(N(C)c2cccc(C3CCCC3)c2)n1. The van der Waals surface area contributed by atoms with Crippen molar-refractivity contribution in [3.05, 3.63) is 41.6 Å². The minimum absolute atomic E-state index is 0.0632. The van der Waals surface area contributed by atoms with Crippen LogP contribution >= 0.6 is 0 Å². The highest BCUT2D eigenvalue weighted by Crippen LogP contribution is 2.39. The Hall–Kier alpha value is -2.31. The van der Waals surface area contributed by atoms with Crippen molar-refractivity contribution in [2.45, 2.75) is 57.7 Å². The number of halogens is 3. The second-order valence-corrected chi connectivity index (χ2v) is 7.19. The van der Waals surface area contributed by atoms with Crippen LogP contribution in [-0.4, -0.2) is 23.1 Å². The second kappa shape index (κ2) is 7.74. The third-order valence-electron chi connectivity index (χ3n) is 4.79. The Morgan fingerprint density at radius 3 is 2.52 bits per heavy atom. The maximum Gasteiger partial charge on any atom is 0.421 e. The van der Waals surface area contributed by atoms with E-state index in [1.54, 1.807) is 27.0 Å². The predicted octanol–water partition coefficient (Wildman–Crippen LogP) is 5.71. The van der Waals surface area contributed by atoms with E-state index in [2.05, 4.69) is 9.97 Å². The van der Waals surface area contributed by atoms with Gasteiger partial charge in [-0.15, -0.1) is 0 Å². The van der Waals surface area contributed by atoms with Gasteiger partial charge in [0.1, 0.15) is 5.56 Å². The summed E-state index contributed by atoms with van der Waals surface area (Å²) in [4.78, 5) is 9.23. The molecule has 7 heteroatoms. The third kappa shape index (κ3) is 4.51. The maximum absolute atomic E-state index is 13.5. The van der Waals surface area contributed by atoms with Gasteiger partial charge in [0.15, 0.2) is 5.82 Å². The summed E-state index contributed by atoms with van der Waals surface area (Å²) in [5, 5.41) is 0. The van der Waals surface area contributed by atoms with Crippen LogP contribution in [0.1, 0.15) is 56.6 Å². The molecule has 0 N–H and O–H groups in total. The van der Waals surface area contributed by atoms with E-state index in [0.29, 0.717) is 11.6 Å². The van der Waals surface area contributed by atoms with E-state index in [1.165, 1.54) is 17.7 Å². The Morgan fingerprint density at radius 1 is 1.19 bits per heavy atom. The first-order valence-electron chi connectivity index (χ1n) is 9.20. The van der Waals surface area contributed by atoms with Gasteiger partial charge in [-0.2, -0.15) is 18.2 Å². The number of aromatic nitrogens is 2. The summed E-state index contributed by atoms with van der Waals surface area (Å²) in [5.74, 6) is 0.266. The molecule has 4 nitrogen and oxygen atoms in total. The number of hydrogen-bond donors (Lipinski definition) is 0. The lowest BCUT2D eigenvalue weighted by molar-refractivity contribution is -0.137. The Labute approximate surface area is 157 Å². The summed E-state index contributed by atoms with van der Waals surface area (Å²) in [6.07, 6.45) is 0.656. The number of ether oxygens (including phenoxy) is 1. The van der Waals surface area contributed by atoms with Crippen LogP contribution in [0.15, 0.2) is 30.5 Å². The fraction of sp³-hybridized carbons (Fsp3) is 0.500. The van der Waals surface area contributed by atoms with Gasteiger partial charge in [-0.05, 0) is 50.3 Å². The minimum Gasteiger partial charge on any atom is -0.461 e. The number of anilines is 2. The second-order valence-electron chi connectivity index (χ2n) is 7.19. The van der Waals surface area contributed by atoms with Crippen molar-refractivity contribution in [3.8, 4) is 6.01 Å². The van der Waals surface area contributed by atoms with E-state index in [0.717, 1.165) is 24.6 Å². The van der Waals surface area contributed by atoms with Crippen LogP contribution in [-0.2, 0) is 6.18 Å². The minimum atomic E-state index is -4.55. The Kier molecular flexibility index (Phi) is 5.58. The molecular formula is C20H24F3N3O. The lowest BCUT2D eigenvalue weighted by atomic mass is 9.97. The lowest BCUT2D eigenvalue weighted by Crippen LogP contribution is -2.20. The van der Waals surface area contributed by atoms with Gasteiger partial charge in [0.05, 0.1) is 6.10 Å². The zero-order valence-corrected chi connectivity index (χ0v) is 15.8. The molecule has 0 atom stereocenters. The van der Waals surface area contributed by atoms with Gasteiger partial charge in [-0.1, -0.05) is 25.0 Å². The molecular weight excluding hydrogens is 355 g/mol. The number of hydrogen-bond acceptors (Lipinski definition) is 4. The summed E-state index contributed by atoms with van der Waals surface area (Å²) < 4.78 is 45.9. The molecule has 0 aliphatic heterocycles. The number of nitrogens with zero attached hydrogens (tertiary/aromatic N) is 3. The van der Waals surface area contributed by atoms with Crippen molar-refractivity contribution in [1.29, 1.82) is 0 Å². The quantitative estimate of drug-likeness (QED) is 0.667. The zero-order chi connectivity index (χ0) is 19.6. The molecule has 1 aromatic carbocycles. The highest BCUT2D eigenvalue weighted by atomic mass is 19.4. The largest absolute Gasteiger partial charge is 0.461 e. The van der Waals surface area contributed by atoms with E-state index < -0.39 is 11.7 Å². The highest BCUT2D eigenvalue weighted by molar-refractivity contribution is 5.63. The molecule has 1 heterocycles. The first-order valence-corrected chi connectivity index (χ1v) is 9.20. The molecule has 1 fully saturated rings. The van der Waals surface area contributed by atoms with E-state index >= 15 is 0 Å². The monoisotopic (exact) mass is 379 g/mol. The topological polar surface area (TPSA) is 38.2 Å². The summed E-state index contributed by atoms with van der Waals surface area (Å²) >= 11 is 0. The molecule has 0 bridgehead atoms. The highest BCUT2D eigenvalue weighted by Gasteiger charge is 2.37. The Morgan fingerprint density at radius 2 is 1.89 bits per heavy atom. The molecule has 1 aliphatic rings. The molecule has 0 amide bonds. The molecule has 2 aromatic rings. The fourth-order valence-corrected chi connectivity index (χ4v) is 3.45. The summed E-state index contributed by atoms with van der Waals surface area (Å²) in [6, 6.07) is 7.63. The van der Waals surface area contributed by atoms with Crippen LogP contribution in [0.3, 0.4) is 0 Å². The van der Waals surface area contributed by atoms with Crippen molar-refractivity contribution >= 4 is 11.5 Å². The van der Waals surface area contributed by atoms with E-state index in [4.69, 9.17) is 4.74 Å². The molecule has 146 valence electrons. The fourth-order valence-electron chi connectivity index (χ4n) is 3.45. The molecule has 27 heavy (non-hydrogen) atoms. The predicted molar refractivity (Wildman–Crippen MR) is 98.5 cm³/mol. The molecule has 0 radical (unpaired) electrons. The average Bonchev–Trinajstić information content (AvgIpc) is 3.14. The third-order valence-corrected chi connectivity index (χ3v) is 4.79. The molecule has 1 saturated carbocycles. The number of rotatable bonds is 5. The van der Waals surface area contributed by atoms with Crippen LogP contribution < -0.4 is 9.64 Å². The summed E-state index contributed by atoms with van der Waals surface area (Å²) in [6.45, 7) is 3.55. The van der Waals surface area contributed by atoms with Gasteiger partial charge in [-0.25, -0.2) is 4.98 Å². The first-order chi connectivity index (χ1) is 12.8. The molecule has 3 rings (SSSR count). The smallest absolute Gasteiger partial charge is 0.421 e. The Balaban J connectivity index is 1.99. The first kappa shape index (κ1) is 19.5. The van der Waals surface area contributed by atoms with Crippen LogP contribution in [0.4, 0.5) is 24.7 Å². The van der Waals surface area contributed by atoms with Crippen molar-refractivity contribution < 1.29 is 17.9 Å². The van der Waals surface area contributed by atoms with Crippen molar-refractivity contribution in [2.24, 2.45) is 0 Å². The zero-order valence-electron chi connectivity index (χ0n) is 15.8. The van der Waals surface area contributed by atoms with Gasteiger partial charge in [0, 0.05) is 18.9 Å². The van der Waals surface area contributed by atoms with Crippen molar-refractivity contribution in [2.75, 3.05) is 11.9 Å². The van der Waals surface area contributed by atoms with Gasteiger partial charge >= 0.3 is 12.2 Å². The van der Waals surface area contributed by atoms with Crippen LogP contribution in [0.25, 0.3) is 0 Å². The summed E-state index contributed by atoms with van der Waals surface area (Å²) in [7, 11) is 1.59. The van der Waals surface area contributed by atoms with Gasteiger partial charge in [0.25, 0.3) is 0 Å². The Bertz CT molecular complexity index is 786. The van der Waals surface area contributed by atoms with Crippen molar-refractivity contribution in [3.63, 3.8) is 0 Å².